The van der Waals surface area contributed by atoms with E-state index in [1.165, 1.54) is 4.31 Å². The molecule has 0 atom stereocenters. The Morgan fingerprint density at radius 3 is 2.74 bits per heavy atom. The lowest BCUT2D eigenvalue weighted by atomic mass is 9.94. The molecule has 1 aromatic rings. The van der Waals surface area contributed by atoms with Crippen molar-refractivity contribution in [3.8, 4) is 0 Å². The van der Waals surface area contributed by atoms with Crippen molar-refractivity contribution in [2.24, 2.45) is 0 Å². The molecule has 0 unspecified atom stereocenters. The van der Waals surface area contributed by atoms with Gasteiger partial charge in [0.15, 0.2) is 0 Å². The average Bonchev–Trinajstić information content (AvgIpc) is 2.76. The van der Waals surface area contributed by atoms with Crippen molar-refractivity contribution in [3.05, 3.63) is 17.9 Å². The van der Waals surface area contributed by atoms with Crippen LogP contribution in [0, 0.1) is 0 Å². The van der Waals surface area contributed by atoms with Gasteiger partial charge in [-0.15, -0.1) is 0 Å². The first-order valence-corrected chi connectivity index (χ1v) is 8.27. The molecule has 1 aromatic heterocycles. The topological polar surface area (TPSA) is 62.6 Å². The zero-order chi connectivity index (χ0) is 13.9. The van der Waals surface area contributed by atoms with Gasteiger partial charge < -0.3 is 9.73 Å². The number of hydrogen-bond donors (Lipinski definition) is 1. The lowest BCUT2D eigenvalue weighted by Crippen LogP contribution is -2.41. The summed E-state index contributed by atoms with van der Waals surface area (Å²) in [6.45, 7) is 3.54. The predicted molar refractivity (Wildman–Crippen MR) is 73.3 cm³/mol. The van der Waals surface area contributed by atoms with Gasteiger partial charge in [0.05, 0.1) is 6.54 Å². The highest BCUT2D eigenvalue weighted by atomic mass is 32.2. The summed E-state index contributed by atoms with van der Waals surface area (Å²) in [6.07, 6.45) is 4.04. The second kappa shape index (κ2) is 6.07. The van der Waals surface area contributed by atoms with E-state index < -0.39 is 10.0 Å². The third-order valence-corrected chi connectivity index (χ3v) is 5.37. The maximum atomic E-state index is 12.3. The van der Waals surface area contributed by atoms with Gasteiger partial charge in [-0.3, -0.25) is 0 Å². The summed E-state index contributed by atoms with van der Waals surface area (Å²) in [7, 11) is -1.83. The first-order valence-electron chi connectivity index (χ1n) is 6.83. The maximum Gasteiger partial charge on any atom is 0.276 e. The minimum Gasteiger partial charge on any atom is -0.447 e. The molecule has 108 valence electrons. The first-order chi connectivity index (χ1) is 9.05. The molecule has 0 radical (unpaired) electrons. The molecule has 0 saturated heterocycles. The van der Waals surface area contributed by atoms with Crippen molar-refractivity contribution in [1.82, 2.24) is 9.62 Å². The molecule has 1 saturated carbocycles. The summed E-state index contributed by atoms with van der Waals surface area (Å²) >= 11 is 0. The SMILES string of the molecule is CCCNCc1ccc(S(=O)(=O)N(C)C2CCC2)o1. The quantitative estimate of drug-likeness (QED) is 0.778. The van der Waals surface area contributed by atoms with Crippen molar-refractivity contribution >= 4 is 10.0 Å². The van der Waals surface area contributed by atoms with Gasteiger partial charge in [-0.05, 0) is 37.9 Å². The Labute approximate surface area is 115 Å². The number of rotatable bonds is 7. The van der Waals surface area contributed by atoms with Gasteiger partial charge in [0.1, 0.15) is 5.76 Å². The molecule has 0 bridgehead atoms. The minimum absolute atomic E-state index is 0.0511. The summed E-state index contributed by atoms with van der Waals surface area (Å²) in [5, 5.41) is 3.24. The fraction of sp³-hybridized carbons (Fsp3) is 0.692. The van der Waals surface area contributed by atoms with Crippen LogP contribution in [-0.2, 0) is 16.6 Å². The molecule has 0 spiro atoms. The number of sulfonamides is 1. The highest BCUT2D eigenvalue weighted by molar-refractivity contribution is 7.89. The summed E-state index contributed by atoms with van der Waals surface area (Å²) < 4.78 is 31.5. The third-order valence-electron chi connectivity index (χ3n) is 3.59. The molecule has 19 heavy (non-hydrogen) atoms. The fourth-order valence-corrected chi connectivity index (χ4v) is 3.41. The number of furan rings is 1. The monoisotopic (exact) mass is 286 g/mol. The van der Waals surface area contributed by atoms with Gasteiger partial charge >= 0.3 is 0 Å². The molecule has 6 heteroatoms. The normalized spacial score (nSPS) is 16.8. The van der Waals surface area contributed by atoms with Crippen molar-refractivity contribution in [1.29, 1.82) is 0 Å². The molecule has 0 aromatic carbocycles. The number of nitrogens with one attached hydrogen (secondary N) is 1. The third kappa shape index (κ3) is 3.19. The van der Waals surface area contributed by atoms with E-state index in [0.717, 1.165) is 32.2 Å². The Hall–Kier alpha value is -0.850. The van der Waals surface area contributed by atoms with Crippen LogP contribution >= 0.6 is 0 Å². The summed E-state index contributed by atoms with van der Waals surface area (Å²) in [6, 6.07) is 3.41. The van der Waals surface area contributed by atoms with E-state index in [-0.39, 0.29) is 11.1 Å². The van der Waals surface area contributed by atoms with Crippen LogP contribution in [0.5, 0.6) is 0 Å². The average molecular weight is 286 g/mol. The van der Waals surface area contributed by atoms with Crippen molar-refractivity contribution in [2.75, 3.05) is 13.6 Å². The molecular formula is C13H22N2O3S. The largest absolute Gasteiger partial charge is 0.447 e. The second-order valence-electron chi connectivity index (χ2n) is 5.00. The van der Waals surface area contributed by atoms with Crippen LogP contribution in [0.4, 0.5) is 0 Å². The second-order valence-corrected chi connectivity index (χ2v) is 6.93. The molecule has 2 rings (SSSR count). The van der Waals surface area contributed by atoms with Crippen molar-refractivity contribution in [2.45, 2.75) is 50.3 Å². The van der Waals surface area contributed by atoms with Gasteiger partial charge in [0.25, 0.3) is 10.0 Å². The molecule has 5 nitrogen and oxygen atoms in total. The predicted octanol–water partition coefficient (Wildman–Crippen LogP) is 1.95. The molecule has 1 N–H and O–H groups in total. The van der Waals surface area contributed by atoms with Gasteiger partial charge in [-0.1, -0.05) is 13.3 Å². The van der Waals surface area contributed by atoms with Gasteiger partial charge in [0.2, 0.25) is 5.09 Å². The number of hydrogen-bond acceptors (Lipinski definition) is 4. The van der Waals surface area contributed by atoms with Crippen LogP contribution < -0.4 is 5.32 Å². The van der Waals surface area contributed by atoms with Crippen LogP contribution in [0.2, 0.25) is 0 Å². The first kappa shape index (κ1) is 14.6. The van der Waals surface area contributed by atoms with E-state index in [1.54, 1.807) is 19.2 Å². The van der Waals surface area contributed by atoms with Crippen LogP contribution in [0.15, 0.2) is 21.6 Å². The summed E-state index contributed by atoms with van der Waals surface area (Å²) in [5.41, 5.74) is 0. The van der Waals surface area contributed by atoms with E-state index in [0.29, 0.717) is 12.3 Å². The van der Waals surface area contributed by atoms with E-state index in [2.05, 4.69) is 12.2 Å². The molecule has 1 aliphatic carbocycles. The Morgan fingerprint density at radius 1 is 1.42 bits per heavy atom. The van der Waals surface area contributed by atoms with Crippen LogP contribution in [0.3, 0.4) is 0 Å². The van der Waals surface area contributed by atoms with Gasteiger partial charge in [0, 0.05) is 13.1 Å². The maximum absolute atomic E-state index is 12.3. The van der Waals surface area contributed by atoms with Crippen LogP contribution in [0.25, 0.3) is 0 Å². The molecular weight excluding hydrogens is 264 g/mol. The van der Waals surface area contributed by atoms with Crippen LogP contribution in [-0.4, -0.2) is 32.4 Å². The Morgan fingerprint density at radius 2 is 2.16 bits per heavy atom. The van der Waals surface area contributed by atoms with Crippen molar-refractivity contribution < 1.29 is 12.8 Å². The molecule has 1 aliphatic rings. The summed E-state index contributed by atoms with van der Waals surface area (Å²) in [5.74, 6) is 0.661. The lowest BCUT2D eigenvalue weighted by Gasteiger charge is -2.32. The molecule has 1 fully saturated rings. The minimum atomic E-state index is -3.47. The molecule has 0 amide bonds. The Bertz CT molecular complexity index is 506. The van der Waals surface area contributed by atoms with Crippen LogP contribution in [0.1, 0.15) is 38.4 Å². The standard InChI is InChI=1S/C13H22N2O3S/c1-3-9-14-10-12-7-8-13(18-12)19(16,17)15(2)11-5-4-6-11/h7-8,11,14H,3-6,9-10H2,1-2H3. The van der Waals surface area contributed by atoms with E-state index >= 15 is 0 Å². The van der Waals surface area contributed by atoms with E-state index in [1.807, 2.05) is 0 Å². The van der Waals surface area contributed by atoms with Crippen molar-refractivity contribution in [3.63, 3.8) is 0 Å². The molecule has 1 heterocycles. The van der Waals surface area contributed by atoms with E-state index in [9.17, 15) is 8.42 Å². The zero-order valence-electron chi connectivity index (χ0n) is 11.6. The molecule has 0 aliphatic heterocycles. The zero-order valence-corrected chi connectivity index (χ0v) is 12.4. The smallest absolute Gasteiger partial charge is 0.276 e. The highest BCUT2D eigenvalue weighted by Gasteiger charge is 2.33. The van der Waals surface area contributed by atoms with E-state index in [4.69, 9.17) is 4.42 Å². The highest BCUT2D eigenvalue weighted by Crippen LogP contribution is 2.29. The number of nitrogens with zero attached hydrogens (tertiary/aromatic N) is 1. The van der Waals surface area contributed by atoms with Gasteiger partial charge in [-0.2, -0.15) is 4.31 Å². The Kier molecular flexibility index (Phi) is 4.65. The Balaban J connectivity index is 2.03. The summed E-state index contributed by atoms with van der Waals surface area (Å²) in [4.78, 5) is 0. The fourth-order valence-electron chi connectivity index (χ4n) is 2.07. The lowest BCUT2D eigenvalue weighted by molar-refractivity contribution is 0.244. The van der Waals surface area contributed by atoms with Gasteiger partial charge in [-0.25, -0.2) is 8.42 Å².